The number of hydrogen-bond donors (Lipinski definition) is 4. The number of phenolic OH excluding ortho intramolecular Hbond substituents is 1. The summed E-state index contributed by atoms with van der Waals surface area (Å²) in [6.07, 6.45) is 1.58. The van der Waals surface area contributed by atoms with Crippen molar-refractivity contribution in [3.05, 3.63) is 51.8 Å². The monoisotopic (exact) mass is 325 g/mol. The quantitative estimate of drug-likeness (QED) is 0.298. The Morgan fingerprint density at radius 2 is 2.10 bits per heavy atom. The van der Waals surface area contributed by atoms with Gasteiger partial charge in [-0.25, -0.2) is 0 Å². The fourth-order valence-electron chi connectivity index (χ4n) is 1.67. The lowest BCUT2D eigenvalue weighted by Crippen LogP contribution is -2.17. The molecule has 0 fully saturated rings. The molecule has 110 valence electrons. The molecule has 6 nitrogen and oxygen atoms in total. The zero-order valence-corrected chi connectivity index (χ0v) is 12.4. The summed E-state index contributed by atoms with van der Waals surface area (Å²) in [7, 11) is 0. The number of nitrogens with two attached hydrogens (primary N) is 2. The largest absolute Gasteiger partial charge is 0.506 e. The molecular weight excluding hydrogens is 313 g/mol. The Kier molecular flexibility index (Phi) is 4.72. The maximum absolute atomic E-state index is 9.86. The summed E-state index contributed by atoms with van der Waals surface area (Å²) in [5.74, 6) is 5.23. The first-order valence-electron chi connectivity index (χ1n) is 5.92. The van der Waals surface area contributed by atoms with Crippen LogP contribution in [0.25, 0.3) is 0 Å². The molecule has 1 aromatic carbocycles. The van der Waals surface area contributed by atoms with Crippen molar-refractivity contribution < 1.29 is 5.11 Å². The van der Waals surface area contributed by atoms with Gasteiger partial charge < -0.3 is 22.0 Å². The number of hydrogen-bond acceptors (Lipinski definition) is 5. The molecule has 0 atom stereocenters. The zero-order chi connectivity index (χ0) is 15.4. The molecule has 1 heterocycles. The number of pyridine rings is 1. The van der Waals surface area contributed by atoms with Crippen molar-refractivity contribution >= 4 is 34.7 Å². The highest BCUT2D eigenvalue weighted by Gasteiger charge is 2.08. The number of hydrazone groups is 1. The summed E-state index contributed by atoms with van der Waals surface area (Å²) in [5.41, 5.74) is 7.34. The van der Waals surface area contributed by atoms with E-state index in [9.17, 15) is 5.11 Å². The molecular formula is C13H13Cl2N5O. The molecule has 0 unspecified atom stereocenters. The Morgan fingerprint density at radius 3 is 2.71 bits per heavy atom. The Morgan fingerprint density at radius 1 is 1.33 bits per heavy atom. The Bertz CT molecular complexity index is 673. The van der Waals surface area contributed by atoms with Crippen LogP contribution in [0.4, 0.5) is 5.69 Å². The lowest BCUT2D eigenvalue weighted by Gasteiger charge is -2.10. The number of anilines is 1. The molecule has 6 N–H and O–H groups in total. The molecule has 0 aliphatic heterocycles. The number of nitrogens with zero attached hydrogens (tertiary/aromatic N) is 2. The summed E-state index contributed by atoms with van der Waals surface area (Å²) in [5, 5.41) is 17.0. The highest BCUT2D eigenvalue weighted by Crippen LogP contribution is 2.31. The SMILES string of the molecule is N/N=C(\N)c1ccc(NCc2cc(Cl)cc(Cl)c2O)cn1. The van der Waals surface area contributed by atoms with Crippen LogP contribution in [0, 0.1) is 0 Å². The number of rotatable bonds is 4. The van der Waals surface area contributed by atoms with E-state index in [2.05, 4.69) is 15.4 Å². The average molecular weight is 326 g/mol. The molecule has 0 saturated heterocycles. The van der Waals surface area contributed by atoms with Gasteiger partial charge in [0.2, 0.25) is 0 Å². The highest BCUT2D eigenvalue weighted by atomic mass is 35.5. The van der Waals surface area contributed by atoms with Crippen molar-refractivity contribution in [3.63, 3.8) is 0 Å². The predicted octanol–water partition coefficient (Wildman–Crippen LogP) is 2.29. The summed E-state index contributed by atoms with van der Waals surface area (Å²) in [6.45, 7) is 0.341. The van der Waals surface area contributed by atoms with Crippen molar-refractivity contribution in [2.45, 2.75) is 6.54 Å². The molecule has 0 aliphatic carbocycles. The number of aromatic nitrogens is 1. The lowest BCUT2D eigenvalue weighted by atomic mass is 10.2. The van der Waals surface area contributed by atoms with E-state index < -0.39 is 0 Å². The van der Waals surface area contributed by atoms with Gasteiger partial charge in [0, 0.05) is 17.1 Å². The topological polar surface area (TPSA) is 110 Å². The van der Waals surface area contributed by atoms with Crippen molar-refractivity contribution in [3.8, 4) is 5.75 Å². The molecule has 8 heteroatoms. The molecule has 1 aromatic heterocycles. The number of aromatic hydroxyl groups is 1. The first-order chi connectivity index (χ1) is 10.0. The van der Waals surface area contributed by atoms with Crippen LogP contribution in [0.1, 0.15) is 11.3 Å². The molecule has 0 aliphatic rings. The van der Waals surface area contributed by atoms with E-state index >= 15 is 0 Å². The Hall–Kier alpha value is -2.18. The van der Waals surface area contributed by atoms with Crippen LogP contribution >= 0.6 is 23.2 Å². The predicted molar refractivity (Wildman–Crippen MR) is 84.6 cm³/mol. The minimum Gasteiger partial charge on any atom is -0.506 e. The van der Waals surface area contributed by atoms with Crippen molar-refractivity contribution in [1.82, 2.24) is 4.98 Å². The highest BCUT2D eigenvalue weighted by molar-refractivity contribution is 6.35. The first-order valence-corrected chi connectivity index (χ1v) is 6.67. The molecule has 2 aromatic rings. The summed E-state index contributed by atoms with van der Waals surface area (Å²) >= 11 is 11.8. The third kappa shape index (κ3) is 3.68. The molecule has 0 radical (unpaired) electrons. The van der Waals surface area contributed by atoms with Gasteiger partial charge in [-0.05, 0) is 24.3 Å². The lowest BCUT2D eigenvalue weighted by molar-refractivity contribution is 0.469. The van der Waals surface area contributed by atoms with Gasteiger partial charge in [-0.3, -0.25) is 4.98 Å². The van der Waals surface area contributed by atoms with Crippen LogP contribution in [-0.4, -0.2) is 15.9 Å². The van der Waals surface area contributed by atoms with Crippen molar-refractivity contribution in [2.75, 3.05) is 5.32 Å². The van der Waals surface area contributed by atoms with Crippen LogP contribution in [0.15, 0.2) is 35.6 Å². The van der Waals surface area contributed by atoms with E-state index in [1.807, 2.05) is 0 Å². The molecule has 21 heavy (non-hydrogen) atoms. The fourth-order valence-corrected chi connectivity index (χ4v) is 2.20. The standard InChI is InChI=1S/C13H13Cl2N5O/c14-8-3-7(12(21)10(15)4-8)5-18-9-1-2-11(19-6-9)13(16)20-17/h1-4,6,18,21H,5,17H2,(H2,16,20). The Labute approximate surface area is 131 Å². The van der Waals surface area contributed by atoms with Crippen molar-refractivity contribution in [1.29, 1.82) is 0 Å². The average Bonchev–Trinajstić information content (AvgIpc) is 2.49. The summed E-state index contributed by atoms with van der Waals surface area (Å²) in [6, 6.07) is 6.56. The number of benzene rings is 1. The number of nitrogens with one attached hydrogen (secondary N) is 1. The second-order valence-corrected chi connectivity index (χ2v) is 5.04. The molecule has 0 amide bonds. The van der Waals surface area contributed by atoms with Crippen LogP contribution in [-0.2, 0) is 6.54 Å². The summed E-state index contributed by atoms with van der Waals surface area (Å²) < 4.78 is 0. The molecule has 0 bridgehead atoms. The van der Waals surface area contributed by atoms with Gasteiger partial charge >= 0.3 is 0 Å². The Balaban J connectivity index is 2.10. The minimum atomic E-state index is -0.00217. The van der Waals surface area contributed by atoms with Gasteiger partial charge in [-0.15, -0.1) is 0 Å². The van der Waals surface area contributed by atoms with Gasteiger partial charge in [0.25, 0.3) is 0 Å². The maximum Gasteiger partial charge on any atom is 0.168 e. The third-order valence-corrected chi connectivity index (χ3v) is 3.26. The van der Waals surface area contributed by atoms with Crippen LogP contribution in [0.5, 0.6) is 5.75 Å². The maximum atomic E-state index is 9.86. The van der Waals surface area contributed by atoms with Crippen molar-refractivity contribution in [2.24, 2.45) is 16.7 Å². The first kappa shape index (κ1) is 15.2. The van der Waals surface area contributed by atoms with E-state index in [0.29, 0.717) is 22.8 Å². The molecule has 0 spiro atoms. The number of halogens is 2. The normalized spacial score (nSPS) is 11.4. The van der Waals surface area contributed by atoms with Gasteiger partial charge in [0.05, 0.1) is 16.9 Å². The van der Waals surface area contributed by atoms with E-state index in [1.54, 1.807) is 24.4 Å². The molecule has 0 saturated carbocycles. The van der Waals surface area contributed by atoms with Gasteiger partial charge in [0.1, 0.15) is 11.4 Å². The second kappa shape index (κ2) is 6.51. The summed E-state index contributed by atoms with van der Waals surface area (Å²) in [4.78, 5) is 4.11. The van der Waals surface area contributed by atoms with Gasteiger partial charge in [-0.1, -0.05) is 23.2 Å². The smallest absolute Gasteiger partial charge is 0.168 e. The third-order valence-electron chi connectivity index (χ3n) is 2.76. The number of amidine groups is 1. The van der Waals surface area contributed by atoms with E-state index in [1.165, 1.54) is 6.07 Å². The van der Waals surface area contributed by atoms with E-state index in [-0.39, 0.29) is 16.6 Å². The zero-order valence-electron chi connectivity index (χ0n) is 10.8. The van der Waals surface area contributed by atoms with Crippen LogP contribution < -0.4 is 16.9 Å². The minimum absolute atomic E-state index is 0.00217. The molecule has 2 rings (SSSR count). The van der Waals surface area contributed by atoms with Crippen LogP contribution in [0.2, 0.25) is 10.0 Å². The van der Waals surface area contributed by atoms with Gasteiger partial charge in [0.15, 0.2) is 5.84 Å². The van der Waals surface area contributed by atoms with E-state index in [4.69, 9.17) is 34.8 Å². The van der Waals surface area contributed by atoms with E-state index in [0.717, 1.165) is 5.69 Å². The number of phenols is 1. The van der Waals surface area contributed by atoms with Crippen LogP contribution in [0.3, 0.4) is 0 Å². The van der Waals surface area contributed by atoms with Gasteiger partial charge in [-0.2, -0.15) is 5.10 Å². The second-order valence-electron chi connectivity index (χ2n) is 4.20. The fraction of sp³-hybridized carbons (Fsp3) is 0.0769.